The van der Waals surface area contributed by atoms with Crippen LogP contribution in [0.2, 0.25) is 5.02 Å². The van der Waals surface area contributed by atoms with E-state index in [1.165, 1.54) is 24.3 Å². The number of pyridine rings is 1. The van der Waals surface area contributed by atoms with Gasteiger partial charge in [-0.25, -0.2) is 9.67 Å². The minimum Gasteiger partial charge on any atom is -0.282 e. The number of ketones is 1. The lowest BCUT2D eigenvalue weighted by molar-refractivity contribution is -0.137. The summed E-state index contributed by atoms with van der Waals surface area (Å²) in [5.74, 6) is -2.52. The first kappa shape index (κ1) is 18.2. The number of rotatable bonds is 2. The molecule has 0 bridgehead atoms. The number of carbonyl (C=O) groups excluding carboxylic acids is 1. The smallest absolute Gasteiger partial charge is 0.282 e. The van der Waals surface area contributed by atoms with E-state index in [4.69, 9.17) is 11.6 Å². The van der Waals surface area contributed by atoms with Crippen molar-refractivity contribution in [3.63, 3.8) is 0 Å². The van der Waals surface area contributed by atoms with Gasteiger partial charge in [0, 0.05) is 11.6 Å². The van der Waals surface area contributed by atoms with E-state index in [1.807, 2.05) is 0 Å². The van der Waals surface area contributed by atoms with Gasteiger partial charge < -0.3 is 0 Å². The van der Waals surface area contributed by atoms with Crippen molar-refractivity contribution >= 4 is 28.3 Å². The molecule has 0 saturated carbocycles. The highest BCUT2D eigenvalue weighted by molar-refractivity contribution is 6.32. The SMILES string of the molecule is O=C(c1nn(-c2ncc(C(F)(F)F)cc2Cl)c2ccccc12)C(F)(F)F. The van der Waals surface area contributed by atoms with Crippen molar-refractivity contribution in [1.82, 2.24) is 14.8 Å². The van der Waals surface area contributed by atoms with E-state index in [0.717, 1.165) is 4.68 Å². The van der Waals surface area contributed by atoms with Crippen LogP contribution < -0.4 is 0 Å². The molecule has 4 nitrogen and oxygen atoms in total. The highest BCUT2D eigenvalue weighted by Crippen LogP contribution is 2.33. The molecular formula is C15H6ClF6N3O. The van der Waals surface area contributed by atoms with E-state index in [1.54, 1.807) is 0 Å². The van der Waals surface area contributed by atoms with E-state index in [0.29, 0.717) is 12.3 Å². The zero-order valence-electron chi connectivity index (χ0n) is 12.4. The number of para-hydroxylation sites is 1. The Hall–Kier alpha value is -2.62. The Balaban J connectivity index is 2.23. The minimum atomic E-state index is -5.17. The Kier molecular flexibility index (Phi) is 4.18. The summed E-state index contributed by atoms with van der Waals surface area (Å²) in [6, 6.07) is 6.00. The molecule has 11 heteroatoms. The second-order valence-corrected chi connectivity index (χ2v) is 5.54. The quantitative estimate of drug-likeness (QED) is 0.462. The molecule has 136 valence electrons. The lowest BCUT2D eigenvalue weighted by Crippen LogP contribution is -2.23. The number of alkyl halides is 6. The van der Waals surface area contributed by atoms with Gasteiger partial charge in [-0.1, -0.05) is 29.8 Å². The van der Waals surface area contributed by atoms with Crippen molar-refractivity contribution in [2.45, 2.75) is 12.4 Å². The zero-order chi connectivity index (χ0) is 19.3. The average Bonchev–Trinajstić information content (AvgIpc) is 2.91. The highest BCUT2D eigenvalue weighted by Gasteiger charge is 2.42. The van der Waals surface area contributed by atoms with Gasteiger partial charge in [0.25, 0.3) is 5.78 Å². The van der Waals surface area contributed by atoms with Crippen LogP contribution in [0.5, 0.6) is 0 Å². The Morgan fingerprint density at radius 2 is 1.73 bits per heavy atom. The summed E-state index contributed by atoms with van der Waals surface area (Å²) in [6.07, 6.45) is -9.39. The van der Waals surface area contributed by atoms with Gasteiger partial charge in [-0.15, -0.1) is 0 Å². The van der Waals surface area contributed by atoms with Gasteiger partial charge in [0.05, 0.1) is 16.1 Å². The predicted molar refractivity (Wildman–Crippen MR) is 79.3 cm³/mol. The summed E-state index contributed by atoms with van der Waals surface area (Å²) < 4.78 is 77.2. The zero-order valence-corrected chi connectivity index (χ0v) is 13.1. The fourth-order valence-corrected chi connectivity index (χ4v) is 2.52. The van der Waals surface area contributed by atoms with Gasteiger partial charge >= 0.3 is 12.4 Å². The number of aromatic nitrogens is 3. The second kappa shape index (κ2) is 5.97. The van der Waals surface area contributed by atoms with Crippen molar-refractivity contribution in [1.29, 1.82) is 0 Å². The van der Waals surface area contributed by atoms with Crippen LogP contribution in [0.25, 0.3) is 16.7 Å². The Morgan fingerprint density at radius 3 is 2.31 bits per heavy atom. The molecule has 0 atom stereocenters. The third-order valence-electron chi connectivity index (χ3n) is 3.41. The number of hydrogen-bond donors (Lipinski definition) is 0. The summed E-state index contributed by atoms with van der Waals surface area (Å²) >= 11 is 5.82. The fraction of sp³-hybridized carbons (Fsp3) is 0.133. The molecule has 3 aromatic rings. The van der Waals surface area contributed by atoms with Crippen LogP contribution in [0.3, 0.4) is 0 Å². The van der Waals surface area contributed by atoms with Crippen LogP contribution in [-0.4, -0.2) is 26.7 Å². The lowest BCUT2D eigenvalue weighted by Gasteiger charge is -2.09. The summed E-state index contributed by atoms with van der Waals surface area (Å²) in [4.78, 5) is 15.1. The molecule has 0 aliphatic carbocycles. The van der Waals surface area contributed by atoms with Crippen LogP contribution in [0, 0.1) is 0 Å². The maximum Gasteiger partial charge on any atom is 0.456 e. The largest absolute Gasteiger partial charge is 0.456 e. The van der Waals surface area contributed by atoms with Gasteiger partial charge in [-0.2, -0.15) is 31.4 Å². The third-order valence-corrected chi connectivity index (χ3v) is 3.69. The molecule has 0 aliphatic rings. The molecule has 2 aromatic heterocycles. The van der Waals surface area contributed by atoms with Gasteiger partial charge in [0.1, 0.15) is 5.69 Å². The molecular weight excluding hydrogens is 388 g/mol. The number of benzene rings is 1. The molecule has 0 fully saturated rings. The van der Waals surface area contributed by atoms with E-state index in [2.05, 4.69) is 10.1 Å². The molecule has 3 rings (SSSR count). The second-order valence-electron chi connectivity index (χ2n) is 5.13. The van der Waals surface area contributed by atoms with Crippen LogP contribution >= 0.6 is 11.6 Å². The molecule has 0 amide bonds. The topological polar surface area (TPSA) is 47.8 Å². The third kappa shape index (κ3) is 3.12. The van der Waals surface area contributed by atoms with E-state index in [9.17, 15) is 31.1 Å². The lowest BCUT2D eigenvalue weighted by atomic mass is 10.1. The number of fused-ring (bicyclic) bond motifs is 1. The van der Waals surface area contributed by atoms with Gasteiger partial charge in [0.15, 0.2) is 5.82 Å². The number of carbonyl (C=O) groups is 1. The molecule has 0 radical (unpaired) electrons. The Labute approximate surface area is 146 Å². The van der Waals surface area contributed by atoms with Crippen molar-refractivity contribution in [3.8, 4) is 5.82 Å². The molecule has 1 aromatic carbocycles. The highest BCUT2D eigenvalue weighted by atomic mass is 35.5. The number of halogens is 7. The summed E-state index contributed by atoms with van der Waals surface area (Å²) in [6.45, 7) is 0. The first-order valence-corrected chi connectivity index (χ1v) is 7.20. The minimum absolute atomic E-state index is 0.0364. The average molecular weight is 394 g/mol. The Morgan fingerprint density at radius 1 is 1.08 bits per heavy atom. The van der Waals surface area contributed by atoms with E-state index >= 15 is 0 Å². The summed E-state index contributed by atoms with van der Waals surface area (Å²) in [5, 5.41) is 2.98. The van der Waals surface area contributed by atoms with Crippen molar-refractivity contribution in [3.05, 3.63) is 52.8 Å². The number of hydrogen-bond acceptors (Lipinski definition) is 3. The molecule has 2 heterocycles. The normalized spacial score (nSPS) is 12.6. The monoisotopic (exact) mass is 393 g/mol. The molecule has 0 aliphatic heterocycles. The molecule has 26 heavy (non-hydrogen) atoms. The maximum absolute atomic E-state index is 12.8. The van der Waals surface area contributed by atoms with Crippen LogP contribution in [-0.2, 0) is 6.18 Å². The molecule has 0 spiro atoms. The number of Topliss-reactive ketones (excluding diaryl/α,β-unsaturated/α-hetero) is 1. The van der Waals surface area contributed by atoms with Gasteiger partial charge in [0.2, 0.25) is 0 Å². The standard InChI is InChI=1S/C15H6ClF6N3O/c16-9-5-7(14(17,18)19)6-23-13(9)25-10-4-2-1-3-8(10)11(24-25)12(26)15(20,21)22/h1-6H. The number of nitrogens with zero attached hydrogens (tertiary/aromatic N) is 3. The summed E-state index contributed by atoms with van der Waals surface area (Å²) in [7, 11) is 0. The van der Waals surface area contributed by atoms with Crippen LogP contribution in [0.1, 0.15) is 16.1 Å². The molecule has 0 saturated heterocycles. The van der Waals surface area contributed by atoms with Crippen molar-refractivity contribution in [2.75, 3.05) is 0 Å². The predicted octanol–water partition coefficient (Wildman–Crippen LogP) is 4.84. The molecule has 0 unspecified atom stereocenters. The molecule has 0 N–H and O–H groups in total. The Bertz CT molecular complexity index is 1010. The van der Waals surface area contributed by atoms with Crippen molar-refractivity contribution < 1.29 is 31.1 Å². The fourth-order valence-electron chi connectivity index (χ4n) is 2.27. The maximum atomic E-state index is 12.8. The van der Waals surface area contributed by atoms with Crippen LogP contribution in [0.15, 0.2) is 36.5 Å². The van der Waals surface area contributed by atoms with E-state index in [-0.39, 0.29) is 16.7 Å². The van der Waals surface area contributed by atoms with Gasteiger partial charge in [-0.05, 0) is 12.1 Å². The van der Waals surface area contributed by atoms with Crippen LogP contribution in [0.4, 0.5) is 26.3 Å². The van der Waals surface area contributed by atoms with Crippen molar-refractivity contribution in [2.24, 2.45) is 0 Å². The first-order chi connectivity index (χ1) is 12.0. The summed E-state index contributed by atoms with van der Waals surface area (Å²) in [5.41, 5.74) is -1.99. The van der Waals surface area contributed by atoms with E-state index < -0.39 is 34.4 Å². The van der Waals surface area contributed by atoms with Gasteiger partial charge in [-0.3, -0.25) is 4.79 Å². The first-order valence-electron chi connectivity index (χ1n) is 6.82.